The highest BCUT2D eigenvalue weighted by Crippen LogP contribution is 2.45. The fraction of sp³-hybridized carbons (Fsp3) is 0.935. The molecule has 2 heterocycles. The Kier molecular flexibility index (Phi) is 11.2. The van der Waals surface area contributed by atoms with Gasteiger partial charge in [0.25, 0.3) is 0 Å². The van der Waals surface area contributed by atoms with Crippen LogP contribution >= 0.6 is 11.6 Å². The number of nitrogens with one attached hydrogen (secondary N) is 2. The molecule has 4 aliphatic rings. The zero-order valence-electron chi connectivity index (χ0n) is 24.4. The topological polar surface area (TPSA) is 45.8 Å². The van der Waals surface area contributed by atoms with Crippen molar-refractivity contribution in [2.75, 3.05) is 39.8 Å². The van der Waals surface area contributed by atoms with E-state index in [2.05, 4.69) is 49.3 Å². The average Bonchev–Trinajstić information content (AvgIpc) is 2.88. The van der Waals surface area contributed by atoms with Crippen molar-refractivity contribution in [2.24, 2.45) is 23.2 Å². The highest BCUT2D eigenvalue weighted by atomic mass is 35.5. The Labute approximate surface area is 232 Å². The van der Waals surface area contributed by atoms with E-state index in [0.717, 1.165) is 50.7 Å². The molecule has 0 bridgehead atoms. The van der Waals surface area contributed by atoms with Gasteiger partial charge in [0.15, 0.2) is 0 Å². The summed E-state index contributed by atoms with van der Waals surface area (Å²) < 4.78 is 12.1. The maximum Gasteiger partial charge on any atom is 0.112 e. The molecule has 0 aromatic carbocycles. The second-order valence-corrected chi connectivity index (χ2v) is 14.2. The van der Waals surface area contributed by atoms with Gasteiger partial charge in [-0.15, -0.1) is 11.6 Å². The van der Waals surface area contributed by atoms with Crippen LogP contribution in [0.15, 0.2) is 11.6 Å². The maximum atomic E-state index is 6.41. The van der Waals surface area contributed by atoms with Gasteiger partial charge in [0.1, 0.15) is 6.23 Å². The third kappa shape index (κ3) is 8.41. The third-order valence-electron chi connectivity index (χ3n) is 9.97. The van der Waals surface area contributed by atoms with Gasteiger partial charge in [0.05, 0.1) is 12.2 Å². The first-order valence-corrected chi connectivity index (χ1v) is 15.9. The number of likely N-dealkylation sites (tertiary alicyclic amines) is 1. The Hall–Kier alpha value is -0.170. The quantitative estimate of drug-likeness (QED) is 0.266. The first kappa shape index (κ1) is 29.8. The maximum absolute atomic E-state index is 6.41. The number of hydrogen-bond acceptors (Lipinski definition) is 5. The van der Waals surface area contributed by atoms with Crippen LogP contribution < -0.4 is 10.6 Å². The van der Waals surface area contributed by atoms with E-state index in [-0.39, 0.29) is 18.4 Å². The monoisotopic (exact) mass is 537 g/mol. The molecule has 4 unspecified atom stereocenters. The number of hydrogen-bond donors (Lipinski definition) is 2. The summed E-state index contributed by atoms with van der Waals surface area (Å²) in [5.41, 5.74) is 1.85. The molecule has 2 aliphatic carbocycles. The van der Waals surface area contributed by atoms with Crippen LogP contribution in [0.1, 0.15) is 91.9 Å². The molecule has 5 atom stereocenters. The summed E-state index contributed by atoms with van der Waals surface area (Å²) in [6.45, 7) is 15.3. The van der Waals surface area contributed by atoms with Crippen molar-refractivity contribution in [3.05, 3.63) is 11.6 Å². The standard InChI is InChI=1S/C31H56ClN3O2/c1-22(2)27(20-35-17-16-26(31(3,4)21-35)24-11-13-25(32)14-12-24)33-18-23-10-15-30(34-19-23)37-29-9-7-6-8-28(29)36-5/h10,22,24-30,33-34H,6-9,11-21H2,1-5H3/t24?,25?,26?,27-,28?,29?,30?/m0/s1. The van der Waals surface area contributed by atoms with Crippen LogP contribution in [0.5, 0.6) is 0 Å². The predicted molar refractivity (Wildman–Crippen MR) is 155 cm³/mol. The van der Waals surface area contributed by atoms with Gasteiger partial charge in [0, 0.05) is 51.1 Å². The van der Waals surface area contributed by atoms with Crippen molar-refractivity contribution >= 4 is 11.6 Å². The van der Waals surface area contributed by atoms with Gasteiger partial charge in [0.2, 0.25) is 0 Å². The molecule has 0 spiro atoms. The first-order chi connectivity index (χ1) is 17.7. The van der Waals surface area contributed by atoms with E-state index in [4.69, 9.17) is 21.1 Å². The zero-order chi connectivity index (χ0) is 26.4. The third-order valence-corrected chi connectivity index (χ3v) is 10.4. The van der Waals surface area contributed by atoms with Crippen LogP contribution in [0.2, 0.25) is 0 Å². The Balaban J connectivity index is 1.22. The molecule has 214 valence electrons. The van der Waals surface area contributed by atoms with Gasteiger partial charge >= 0.3 is 0 Å². The van der Waals surface area contributed by atoms with Crippen LogP contribution in [0.25, 0.3) is 0 Å². The lowest BCUT2D eigenvalue weighted by Crippen LogP contribution is -2.53. The minimum absolute atomic E-state index is 0.119. The first-order valence-electron chi connectivity index (χ1n) is 15.4. The molecule has 3 fully saturated rings. The molecule has 6 heteroatoms. The van der Waals surface area contributed by atoms with E-state index >= 15 is 0 Å². The molecule has 4 rings (SSSR count). The molecular weight excluding hydrogens is 482 g/mol. The number of halogens is 1. The van der Waals surface area contributed by atoms with Crippen LogP contribution in [0, 0.1) is 23.2 Å². The summed E-state index contributed by atoms with van der Waals surface area (Å²) >= 11 is 6.41. The number of methoxy groups -OCH3 is 1. The van der Waals surface area contributed by atoms with Crippen LogP contribution in [-0.4, -0.2) is 74.6 Å². The molecule has 37 heavy (non-hydrogen) atoms. The Morgan fingerprint density at radius 1 is 1.08 bits per heavy atom. The normalized spacial score (nSPS) is 36.4. The lowest BCUT2D eigenvalue weighted by Gasteiger charge is -2.49. The smallest absolute Gasteiger partial charge is 0.112 e. The van der Waals surface area contributed by atoms with Crippen molar-refractivity contribution in [1.29, 1.82) is 0 Å². The van der Waals surface area contributed by atoms with Gasteiger partial charge in [-0.1, -0.05) is 46.6 Å². The molecule has 2 N–H and O–H groups in total. The van der Waals surface area contributed by atoms with Crippen molar-refractivity contribution in [2.45, 2.75) is 122 Å². The van der Waals surface area contributed by atoms with E-state index in [1.807, 2.05) is 7.11 Å². The summed E-state index contributed by atoms with van der Waals surface area (Å²) in [5, 5.41) is 7.99. The van der Waals surface area contributed by atoms with E-state index in [9.17, 15) is 0 Å². The number of nitrogens with zero attached hydrogens (tertiary/aromatic N) is 1. The molecule has 1 saturated heterocycles. The summed E-state index contributed by atoms with van der Waals surface area (Å²) in [6, 6.07) is 0.513. The summed E-state index contributed by atoms with van der Waals surface area (Å²) in [5.74, 6) is 2.34. The lowest BCUT2D eigenvalue weighted by molar-refractivity contribution is -0.115. The summed E-state index contributed by atoms with van der Waals surface area (Å²) in [4.78, 5) is 2.75. The largest absolute Gasteiger partial charge is 0.379 e. The Morgan fingerprint density at radius 3 is 2.43 bits per heavy atom. The number of piperidine rings is 1. The minimum Gasteiger partial charge on any atom is -0.379 e. The number of ether oxygens (including phenoxy) is 2. The van der Waals surface area contributed by atoms with Crippen molar-refractivity contribution in [1.82, 2.24) is 15.5 Å². The van der Waals surface area contributed by atoms with Crippen molar-refractivity contribution in [3.63, 3.8) is 0 Å². The molecule has 0 amide bonds. The van der Waals surface area contributed by atoms with Gasteiger partial charge in [-0.3, -0.25) is 5.32 Å². The molecular formula is C31H56ClN3O2. The van der Waals surface area contributed by atoms with Crippen LogP contribution in [0.4, 0.5) is 0 Å². The lowest BCUT2D eigenvalue weighted by atomic mass is 9.64. The summed E-state index contributed by atoms with van der Waals surface area (Å²) in [7, 11) is 1.82. The SMILES string of the molecule is COC1CCCCC1OC1CC=C(CN[C@@H](CN2CCC(C3CCC(Cl)CC3)C(C)(C)C2)C(C)C)CN1. The van der Waals surface area contributed by atoms with Crippen LogP contribution in [-0.2, 0) is 9.47 Å². The number of rotatable bonds is 10. The fourth-order valence-electron chi connectivity index (χ4n) is 7.66. The highest BCUT2D eigenvalue weighted by Gasteiger charge is 2.41. The van der Waals surface area contributed by atoms with E-state index in [1.54, 1.807) is 0 Å². The van der Waals surface area contributed by atoms with Gasteiger partial charge in [-0.2, -0.15) is 0 Å². The number of alkyl halides is 1. The average molecular weight is 538 g/mol. The second kappa shape index (κ2) is 13.9. The molecule has 0 aromatic rings. The molecule has 0 aromatic heterocycles. The van der Waals surface area contributed by atoms with E-state index in [1.165, 1.54) is 63.6 Å². The molecule has 2 saturated carbocycles. The van der Waals surface area contributed by atoms with Gasteiger partial charge in [-0.25, -0.2) is 0 Å². The van der Waals surface area contributed by atoms with E-state index < -0.39 is 0 Å². The fourth-order valence-corrected chi connectivity index (χ4v) is 7.91. The molecule has 2 aliphatic heterocycles. The van der Waals surface area contributed by atoms with Gasteiger partial charge in [-0.05, 0) is 80.2 Å². The Bertz CT molecular complexity index is 721. The van der Waals surface area contributed by atoms with Crippen molar-refractivity contribution < 1.29 is 9.47 Å². The van der Waals surface area contributed by atoms with Gasteiger partial charge < -0.3 is 19.7 Å². The highest BCUT2D eigenvalue weighted by molar-refractivity contribution is 6.20. The summed E-state index contributed by atoms with van der Waals surface area (Å²) in [6.07, 6.45) is 15.2. The minimum atomic E-state index is 0.119. The second-order valence-electron chi connectivity index (χ2n) is 13.6. The Morgan fingerprint density at radius 2 is 1.81 bits per heavy atom. The molecule has 0 radical (unpaired) electrons. The molecule has 5 nitrogen and oxygen atoms in total. The van der Waals surface area contributed by atoms with Crippen LogP contribution in [0.3, 0.4) is 0 Å². The van der Waals surface area contributed by atoms with Crippen molar-refractivity contribution in [3.8, 4) is 0 Å². The zero-order valence-corrected chi connectivity index (χ0v) is 25.2. The predicted octanol–water partition coefficient (Wildman–Crippen LogP) is 5.97. The van der Waals surface area contributed by atoms with E-state index in [0.29, 0.717) is 22.8 Å².